The number of aryl methyl sites for hydroxylation is 1. The maximum Gasteiger partial charge on any atom is 0.310 e. The van der Waals surface area contributed by atoms with Crippen molar-refractivity contribution in [2.75, 3.05) is 24.6 Å². The first-order valence-corrected chi connectivity index (χ1v) is 7.05. The Morgan fingerprint density at radius 1 is 1.62 bits per heavy atom. The van der Waals surface area contributed by atoms with E-state index in [1.54, 1.807) is 19.9 Å². The lowest BCUT2D eigenvalue weighted by Crippen LogP contribution is -2.39. The van der Waals surface area contributed by atoms with Crippen molar-refractivity contribution in [2.45, 2.75) is 26.7 Å². The molecule has 1 aromatic rings. The van der Waals surface area contributed by atoms with Crippen molar-refractivity contribution in [1.82, 2.24) is 4.98 Å². The van der Waals surface area contributed by atoms with Crippen LogP contribution in [0.5, 0.6) is 0 Å². The zero-order chi connectivity index (χ0) is 15.4. The molecule has 0 spiro atoms. The van der Waals surface area contributed by atoms with E-state index in [1.165, 1.54) is 6.20 Å². The van der Waals surface area contributed by atoms with Gasteiger partial charge in [-0.3, -0.25) is 14.9 Å². The molecule has 1 saturated heterocycles. The molecule has 0 saturated carbocycles. The number of pyridine rings is 1. The van der Waals surface area contributed by atoms with Gasteiger partial charge in [-0.2, -0.15) is 0 Å². The molecule has 0 bridgehead atoms. The molecular formula is C14H19N3O4. The summed E-state index contributed by atoms with van der Waals surface area (Å²) in [5, 5.41) is 10.8. The number of anilines is 1. The van der Waals surface area contributed by atoms with Gasteiger partial charge < -0.3 is 9.64 Å². The van der Waals surface area contributed by atoms with E-state index in [2.05, 4.69) is 4.98 Å². The molecule has 0 N–H and O–H groups in total. The van der Waals surface area contributed by atoms with Crippen molar-refractivity contribution in [1.29, 1.82) is 0 Å². The summed E-state index contributed by atoms with van der Waals surface area (Å²) in [4.78, 5) is 28.3. The van der Waals surface area contributed by atoms with Gasteiger partial charge in [0.25, 0.3) is 5.69 Å². The highest BCUT2D eigenvalue weighted by atomic mass is 16.6. The van der Waals surface area contributed by atoms with Crippen LogP contribution in [0.4, 0.5) is 11.5 Å². The topological polar surface area (TPSA) is 85.6 Å². The van der Waals surface area contributed by atoms with Crippen molar-refractivity contribution in [2.24, 2.45) is 5.92 Å². The van der Waals surface area contributed by atoms with E-state index >= 15 is 0 Å². The predicted octanol–water partition coefficient (Wildman–Crippen LogP) is 2.08. The fourth-order valence-corrected chi connectivity index (χ4v) is 2.54. The Labute approximate surface area is 123 Å². The molecule has 2 rings (SSSR count). The van der Waals surface area contributed by atoms with Crippen LogP contribution in [0.25, 0.3) is 0 Å². The summed E-state index contributed by atoms with van der Waals surface area (Å²) in [6.07, 6.45) is 2.96. The van der Waals surface area contributed by atoms with Crippen LogP contribution in [0.1, 0.15) is 25.3 Å². The Morgan fingerprint density at radius 2 is 2.38 bits per heavy atom. The summed E-state index contributed by atoms with van der Waals surface area (Å²) < 4.78 is 5.06. The number of carbonyl (C=O) groups excluding carboxylic acids is 1. The highest BCUT2D eigenvalue weighted by Crippen LogP contribution is 2.26. The number of ether oxygens (including phenoxy) is 1. The van der Waals surface area contributed by atoms with E-state index in [0.29, 0.717) is 24.5 Å². The number of piperidine rings is 1. The van der Waals surface area contributed by atoms with Gasteiger partial charge in [0.05, 0.1) is 17.4 Å². The van der Waals surface area contributed by atoms with Crippen LogP contribution in [-0.2, 0) is 9.53 Å². The lowest BCUT2D eigenvalue weighted by molar-refractivity contribution is -0.385. The molecule has 1 aliphatic heterocycles. The monoisotopic (exact) mass is 293 g/mol. The van der Waals surface area contributed by atoms with E-state index in [4.69, 9.17) is 4.74 Å². The molecule has 1 aliphatic rings. The Bertz CT molecular complexity index is 547. The minimum atomic E-state index is -0.441. The molecule has 1 fully saturated rings. The number of hydrogen-bond donors (Lipinski definition) is 0. The number of nitrogens with zero attached hydrogens (tertiary/aromatic N) is 3. The van der Waals surface area contributed by atoms with Gasteiger partial charge in [0.15, 0.2) is 0 Å². The molecular weight excluding hydrogens is 274 g/mol. The largest absolute Gasteiger partial charge is 0.466 e. The zero-order valence-corrected chi connectivity index (χ0v) is 12.2. The molecule has 2 heterocycles. The van der Waals surface area contributed by atoms with Crippen LogP contribution in [0.2, 0.25) is 0 Å². The minimum Gasteiger partial charge on any atom is -0.466 e. The lowest BCUT2D eigenvalue weighted by Gasteiger charge is -2.32. The molecule has 1 aromatic heterocycles. The van der Waals surface area contributed by atoms with Gasteiger partial charge in [-0.25, -0.2) is 4.98 Å². The highest BCUT2D eigenvalue weighted by molar-refractivity contribution is 5.73. The molecule has 0 radical (unpaired) electrons. The van der Waals surface area contributed by atoms with Gasteiger partial charge in [-0.15, -0.1) is 0 Å². The second kappa shape index (κ2) is 6.51. The lowest BCUT2D eigenvalue weighted by atomic mass is 9.98. The third kappa shape index (κ3) is 3.48. The Balaban J connectivity index is 2.12. The molecule has 1 atom stereocenters. The first-order valence-electron chi connectivity index (χ1n) is 7.05. The van der Waals surface area contributed by atoms with Crippen molar-refractivity contribution >= 4 is 17.5 Å². The number of carbonyl (C=O) groups is 1. The smallest absolute Gasteiger partial charge is 0.310 e. The maximum atomic E-state index is 11.8. The average molecular weight is 293 g/mol. The third-order valence-electron chi connectivity index (χ3n) is 3.63. The quantitative estimate of drug-likeness (QED) is 0.480. The van der Waals surface area contributed by atoms with Crippen LogP contribution < -0.4 is 4.90 Å². The number of aromatic nitrogens is 1. The molecule has 1 unspecified atom stereocenters. The first kappa shape index (κ1) is 15.2. The number of rotatable bonds is 4. The van der Waals surface area contributed by atoms with Crippen LogP contribution in [0.15, 0.2) is 12.3 Å². The summed E-state index contributed by atoms with van der Waals surface area (Å²) in [7, 11) is 0. The normalized spacial score (nSPS) is 18.4. The van der Waals surface area contributed by atoms with Crippen molar-refractivity contribution < 1.29 is 14.5 Å². The Hall–Kier alpha value is -2.18. The third-order valence-corrected chi connectivity index (χ3v) is 3.63. The average Bonchev–Trinajstić information content (AvgIpc) is 2.47. The van der Waals surface area contributed by atoms with Gasteiger partial charge in [0.1, 0.15) is 12.0 Å². The summed E-state index contributed by atoms with van der Waals surface area (Å²) in [5.41, 5.74) is 0.584. The number of esters is 1. The van der Waals surface area contributed by atoms with E-state index in [1.807, 2.05) is 4.90 Å². The van der Waals surface area contributed by atoms with E-state index in [-0.39, 0.29) is 17.6 Å². The number of hydrogen-bond acceptors (Lipinski definition) is 6. The minimum absolute atomic E-state index is 0.0118. The molecule has 7 nitrogen and oxygen atoms in total. The molecule has 21 heavy (non-hydrogen) atoms. The standard InChI is InChI=1S/C14H19N3O4/c1-3-21-14(18)11-5-4-6-16(9-11)13-7-10(2)12(8-15-13)17(19)20/h7-8,11H,3-6,9H2,1-2H3. The van der Waals surface area contributed by atoms with Crippen molar-refractivity contribution in [3.8, 4) is 0 Å². The summed E-state index contributed by atoms with van der Waals surface area (Å²) in [5.74, 6) is 0.337. The Kier molecular flexibility index (Phi) is 4.72. The van der Waals surface area contributed by atoms with E-state index < -0.39 is 4.92 Å². The van der Waals surface area contributed by atoms with Gasteiger partial charge in [0.2, 0.25) is 0 Å². The van der Waals surface area contributed by atoms with Crippen LogP contribution in [0.3, 0.4) is 0 Å². The van der Waals surface area contributed by atoms with Gasteiger partial charge in [-0.05, 0) is 32.8 Å². The fraction of sp³-hybridized carbons (Fsp3) is 0.571. The van der Waals surface area contributed by atoms with Crippen LogP contribution in [0, 0.1) is 23.0 Å². The maximum absolute atomic E-state index is 11.8. The fourth-order valence-electron chi connectivity index (χ4n) is 2.54. The van der Waals surface area contributed by atoms with Crippen LogP contribution >= 0.6 is 0 Å². The van der Waals surface area contributed by atoms with Gasteiger partial charge in [0, 0.05) is 18.7 Å². The molecule has 0 aliphatic carbocycles. The first-order chi connectivity index (χ1) is 10.0. The highest BCUT2D eigenvalue weighted by Gasteiger charge is 2.28. The van der Waals surface area contributed by atoms with Crippen LogP contribution in [-0.4, -0.2) is 35.6 Å². The number of nitro groups is 1. The summed E-state index contributed by atoms with van der Waals surface area (Å²) >= 11 is 0. The van der Waals surface area contributed by atoms with Crippen molar-refractivity contribution in [3.63, 3.8) is 0 Å². The molecule has 0 aromatic carbocycles. The van der Waals surface area contributed by atoms with Gasteiger partial charge >= 0.3 is 5.97 Å². The second-order valence-electron chi connectivity index (χ2n) is 5.12. The SMILES string of the molecule is CCOC(=O)C1CCCN(c2cc(C)c([N+](=O)[O-])cn2)C1. The summed E-state index contributed by atoms with van der Waals surface area (Å²) in [6.45, 7) is 5.20. The molecule has 7 heteroatoms. The van der Waals surface area contributed by atoms with E-state index in [0.717, 1.165) is 19.4 Å². The van der Waals surface area contributed by atoms with E-state index in [9.17, 15) is 14.9 Å². The van der Waals surface area contributed by atoms with Crippen molar-refractivity contribution in [3.05, 3.63) is 27.9 Å². The zero-order valence-electron chi connectivity index (χ0n) is 12.2. The van der Waals surface area contributed by atoms with Gasteiger partial charge in [-0.1, -0.05) is 0 Å². The Morgan fingerprint density at radius 3 is 3.00 bits per heavy atom. The summed E-state index contributed by atoms with van der Waals surface area (Å²) in [6, 6.07) is 1.70. The predicted molar refractivity (Wildman–Crippen MR) is 77.2 cm³/mol. The second-order valence-corrected chi connectivity index (χ2v) is 5.12. The molecule has 0 amide bonds. The molecule has 114 valence electrons.